The number of carbonyl (C=O) groups excluding carboxylic acids is 2. The predicted octanol–water partition coefficient (Wildman–Crippen LogP) is 3.14. The van der Waals surface area contributed by atoms with E-state index in [0.29, 0.717) is 28.1 Å². The molecule has 1 aromatic heterocycles. The number of anilines is 2. The lowest BCUT2D eigenvalue weighted by atomic mass is 10.2. The maximum absolute atomic E-state index is 12.4. The van der Waals surface area contributed by atoms with E-state index in [4.69, 9.17) is 9.15 Å². The van der Waals surface area contributed by atoms with Gasteiger partial charge in [0.25, 0.3) is 11.1 Å². The standard InChI is InChI=1S/C23H25N5O4S/c1-16(29)27-11-13-28(14-12-27)18-9-7-17(8-10-18)24-21(30)15-33-23-26-25-22(32-23)19-5-3-4-6-20(19)31-2/h3-10H,11-15H2,1-2H3,(H,24,30). The largest absolute Gasteiger partial charge is 0.496 e. The third-order valence-electron chi connectivity index (χ3n) is 5.31. The van der Waals surface area contributed by atoms with Crippen LogP contribution < -0.4 is 15.0 Å². The molecule has 1 aliphatic rings. The maximum Gasteiger partial charge on any atom is 0.277 e. The Labute approximate surface area is 196 Å². The number of hydrogen-bond acceptors (Lipinski definition) is 8. The summed E-state index contributed by atoms with van der Waals surface area (Å²) >= 11 is 1.17. The number of benzene rings is 2. The number of hydrogen-bond donors (Lipinski definition) is 1. The van der Waals surface area contributed by atoms with E-state index in [9.17, 15) is 9.59 Å². The van der Waals surface area contributed by atoms with Crippen molar-refractivity contribution in [3.63, 3.8) is 0 Å². The summed E-state index contributed by atoms with van der Waals surface area (Å²) in [6.45, 7) is 4.63. The van der Waals surface area contributed by atoms with Crippen LogP contribution in [-0.4, -0.2) is 66.0 Å². The minimum Gasteiger partial charge on any atom is -0.496 e. The SMILES string of the molecule is COc1ccccc1-c1nnc(SCC(=O)Nc2ccc(N3CCN(C(C)=O)CC3)cc2)o1. The minimum absolute atomic E-state index is 0.113. The smallest absolute Gasteiger partial charge is 0.277 e. The van der Waals surface area contributed by atoms with E-state index < -0.39 is 0 Å². The normalized spacial score (nSPS) is 13.6. The first-order chi connectivity index (χ1) is 16.0. The second-order valence-corrected chi connectivity index (χ2v) is 8.38. The Morgan fingerprint density at radius 2 is 1.79 bits per heavy atom. The fraction of sp³-hybridized carbons (Fsp3) is 0.304. The predicted molar refractivity (Wildman–Crippen MR) is 127 cm³/mol. The summed E-state index contributed by atoms with van der Waals surface area (Å²) < 4.78 is 11.0. The van der Waals surface area contributed by atoms with Crippen LogP contribution in [0, 0.1) is 0 Å². The van der Waals surface area contributed by atoms with Gasteiger partial charge in [0.1, 0.15) is 5.75 Å². The highest BCUT2D eigenvalue weighted by molar-refractivity contribution is 7.99. The molecule has 1 fully saturated rings. The first kappa shape index (κ1) is 22.7. The van der Waals surface area contributed by atoms with Gasteiger partial charge >= 0.3 is 0 Å². The molecule has 1 aliphatic heterocycles. The fourth-order valence-electron chi connectivity index (χ4n) is 3.56. The van der Waals surface area contributed by atoms with Crippen LogP contribution in [0.25, 0.3) is 11.5 Å². The topological polar surface area (TPSA) is 101 Å². The molecular formula is C23H25N5O4S. The Balaban J connectivity index is 1.27. The van der Waals surface area contributed by atoms with Gasteiger partial charge < -0.3 is 24.3 Å². The molecule has 2 amide bonds. The quantitative estimate of drug-likeness (QED) is 0.529. The molecule has 1 N–H and O–H groups in total. The number of methoxy groups -OCH3 is 1. The van der Waals surface area contributed by atoms with Crippen LogP contribution in [0.15, 0.2) is 58.2 Å². The molecule has 4 rings (SSSR count). The van der Waals surface area contributed by atoms with E-state index in [1.54, 1.807) is 14.0 Å². The Morgan fingerprint density at radius 3 is 2.48 bits per heavy atom. The van der Waals surface area contributed by atoms with E-state index in [0.717, 1.165) is 31.9 Å². The van der Waals surface area contributed by atoms with Crippen molar-refractivity contribution in [1.29, 1.82) is 0 Å². The van der Waals surface area contributed by atoms with Crippen LogP contribution in [0.3, 0.4) is 0 Å². The van der Waals surface area contributed by atoms with Crippen molar-refractivity contribution < 1.29 is 18.7 Å². The van der Waals surface area contributed by atoms with Crippen LogP contribution in [-0.2, 0) is 9.59 Å². The van der Waals surface area contributed by atoms with Crippen molar-refractivity contribution in [2.75, 3.05) is 49.3 Å². The summed E-state index contributed by atoms with van der Waals surface area (Å²) in [7, 11) is 1.58. The summed E-state index contributed by atoms with van der Waals surface area (Å²) in [5.41, 5.74) is 2.49. The lowest BCUT2D eigenvalue weighted by Gasteiger charge is -2.35. The number of ether oxygens (including phenoxy) is 1. The first-order valence-corrected chi connectivity index (χ1v) is 11.5. The van der Waals surface area contributed by atoms with E-state index in [1.807, 2.05) is 53.4 Å². The van der Waals surface area contributed by atoms with Gasteiger partial charge in [-0.1, -0.05) is 23.9 Å². The Morgan fingerprint density at radius 1 is 1.06 bits per heavy atom. The van der Waals surface area contributed by atoms with Gasteiger partial charge in [-0.3, -0.25) is 9.59 Å². The van der Waals surface area contributed by atoms with Crippen molar-refractivity contribution in [3.8, 4) is 17.2 Å². The summed E-state index contributed by atoms with van der Waals surface area (Å²) in [5.74, 6) is 1.07. The van der Waals surface area contributed by atoms with Gasteiger partial charge in [-0.15, -0.1) is 10.2 Å². The zero-order chi connectivity index (χ0) is 23.2. The van der Waals surface area contributed by atoms with Gasteiger partial charge in [0.05, 0.1) is 18.4 Å². The number of para-hydroxylation sites is 1. The molecule has 33 heavy (non-hydrogen) atoms. The van der Waals surface area contributed by atoms with Crippen LogP contribution in [0.2, 0.25) is 0 Å². The van der Waals surface area contributed by atoms with Crippen LogP contribution in [0.5, 0.6) is 5.75 Å². The zero-order valence-electron chi connectivity index (χ0n) is 18.5. The molecule has 0 aliphatic carbocycles. The van der Waals surface area contributed by atoms with Crippen molar-refractivity contribution >= 4 is 35.0 Å². The van der Waals surface area contributed by atoms with E-state index in [1.165, 1.54) is 11.8 Å². The second-order valence-electron chi connectivity index (χ2n) is 7.45. The minimum atomic E-state index is -0.167. The molecule has 2 heterocycles. The molecular weight excluding hydrogens is 442 g/mol. The summed E-state index contributed by atoms with van der Waals surface area (Å²) in [6.07, 6.45) is 0. The van der Waals surface area contributed by atoms with Crippen molar-refractivity contribution in [1.82, 2.24) is 15.1 Å². The maximum atomic E-state index is 12.4. The molecule has 0 saturated carbocycles. The van der Waals surface area contributed by atoms with Crippen molar-refractivity contribution in [2.24, 2.45) is 0 Å². The molecule has 3 aromatic rings. The van der Waals surface area contributed by atoms with E-state index >= 15 is 0 Å². The van der Waals surface area contributed by atoms with Crippen LogP contribution >= 0.6 is 11.8 Å². The highest BCUT2D eigenvalue weighted by atomic mass is 32.2. The molecule has 1 saturated heterocycles. The molecule has 0 bridgehead atoms. The van der Waals surface area contributed by atoms with Crippen molar-refractivity contribution in [2.45, 2.75) is 12.1 Å². The zero-order valence-corrected chi connectivity index (χ0v) is 19.3. The number of thioether (sulfide) groups is 1. The van der Waals surface area contributed by atoms with Crippen molar-refractivity contribution in [3.05, 3.63) is 48.5 Å². The first-order valence-electron chi connectivity index (χ1n) is 10.5. The van der Waals surface area contributed by atoms with Gasteiger partial charge in [0, 0.05) is 44.5 Å². The Bertz CT molecular complexity index is 1110. The molecule has 172 valence electrons. The summed E-state index contributed by atoms with van der Waals surface area (Å²) in [5, 5.41) is 11.2. The number of aromatic nitrogens is 2. The molecule has 2 aromatic carbocycles. The lowest BCUT2D eigenvalue weighted by Crippen LogP contribution is -2.48. The van der Waals surface area contributed by atoms with Crippen LogP contribution in [0.1, 0.15) is 6.92 Å². The van der Waals surface area contributed by atoms with Gasteiger partial charge in [0.2, 0.25) is 11.8 Å². The number of amides is 2. The summed E-state index contributed by atoms with van der Waals surface area (Å²) in [6, 6.07) is 15.1. The fourth-order valence-corrected chi connectivity index (χ4v) is 4.12. The number of nitrogens with zero attached hydrogens (tertiary/aromatic N) is 4. The number of nitrogens with one attached hydrogen (secondary N) is 1. The highest BCUT2D eigenvalue weighted by Crippen LogP contribution is 2.30. The monoisotopic (exact) mass is 467 g/mol. The lowest BCUT2D eigenvalue weighted by molar-refractivity contribution is -0.129. The van der Waals surface area contributed by atoms with Gasteiger partial charge in [-0.05, 0) is 36.4 Å². The Hall–Kier alpha value is -3.53. The molecule has 9 nitrogen and oxygen atoms in total. The molecule has 0 radical (unpaired) electrons. The van der Waals surface area contributed by atoms with Crippen LogP contribution in [0.4, 0.5) is 11.4 Å². The third-order valence-corrected chi connectivity index (χ3v) is 6.13. The third kappa shape index (κ3) is 5.64. The second kappa shape index (κ2) is 10.4. The number of carbonyl (C=O) groups is 2. The molecule has 0 spiro atoms. The average molecular weight is 468 g/mol. The van der Waals surface area contributed by atoms with E-state index in [-0.39, 0.29) is 17.6 Å². The number of rotatable bonds is 7. The molecule has 10 heteroatoms. The Kier molecular flexibility index (Phi) is 7.13. The van der Waals surface area contributed by atoms with Gasteiger partial charge in [0.15, 0.2) is 0 Å². The van der Waals surface area contributed by atoms with Gasteiger partial charge in [-0.25, -0.2) is 0 Å². The highest BCUT2D eigenvalue weighted by Gasteiger charge is 2.19. The van der Waals surface area contributed by atoms with E-state index in [2.05, 4.69) is 20.4 Å². The summed E-state index contributed by atoms with van der Waals surface area (Å²) in [4.78, 5) is 27.9. The molecule has 0 unspecified atom stereocenters. The number of piperazine rings is 1. The average Bonchev–Trinajstić information content (AvgIpc) is 3.32. The van der Waals surface area contributed by atoms with Gasteiger partial charge in [-0.2, -0.15) is 0 Å². The molecule has 0 atom stereocenters.